The van der Waals surface area contributed by atoms with Crippen molar-refractivity contribution >= 4 is 76.6 Å². The third-order valence-corrected chi connectivity index (χ3v) is 18.6. The number of carbonyl (C=O) groups is 11. The minimum absolute atomic E-state index is 0.0357. The van der Waals surface area contributed by atoms with Gasteiger partial charge < -0.3 is 55.6 Å². The summed E-state index contributed by atoms with van der Waals surface area (Å²) in [6.45, 7) is 10.4. The van der Waals surface area contributed by atoms with Crippen molar-refractivity contribution in [3.05, 3.63) is 34.3 Å². The monoisotopic (exact) mass is 1260 g/mol. The maximum absolute atomic E-state index is 15.0. The van der Waals surface area contributed by atoms with E-state index >= 15 is 0 Å². The third-order valence-electron chi connectivity index (χ3n) is 18.3. The molecule has 1 aromatic carbocycles. The topological polar surface area (TPSA) is 259 Å². The van der Waals surface area contributed by atoms with Crippen molar-refractivity contribution in [1.29, 1.82) is 0 Å². The lowest BCUT2D eigenvalue weighted by atomic mass is 9.84. The fraction of sp³-hybridized carbons (Fsp3) is 0.726. The zero-order chi connectivity index (χ0) is 65.7. The van der Waals surface area contributed by atoms with Gasteiger partial charge in [0.25, 0.3) is 0 Å². The van der Waals surface area contributed by atoms with E-state index in [0.717, 1.165) is 58.9 Å². The molecule has 0 aromatic heterocycles. The van der Waals surface area contributed by atoms with E-state index in [0.29, 0.717) is 31.2 Å². The maximum atomic E-state index is 15.0. The van der Waals surface area contributed by atoms with Gasteiger partial charge in [0, 0.05) is 60.8 Å². The van der Waals surface area contributed by atoms with Crippen LogP contribution in [0.5, 0.6) is 0 Å². The molecule has 2 heterocycles. The van der Waals surface area contributed by atoms with Crippen LogP contribution in [0, 0.1) is 17.8 Å². The molecule has 2 saturated heterocycles. The summed E-state index contributed by atoms with van der Waals surface area (Å²) in [5.74, 6) is -7.73. The van der Waals surface area contributed by atoms with Gasteiger partial charge in [-0.05, 0) is 101 Å². The summed E-state index contributed by atoms with van der Waals surface area (Å²) in [5, 5.41) is 10.9. The number of alkyl halides is 3. The Morgan fingerprint density at radius 1 is 0.682 bits per heavy atom. The second-order valence-corrected chi connectivity index (χ2v) is 25.7. The molecule has 5 rings (SSSR count). The van der Waals surface area contributed by atoms with Crippen molar-refractivity contribution in [2.24, 2.45) is 17.8 Å². The van der Waals surface area contributed by atoms with E-state index in [1.807, 2.05) is 6.92 Å². The normalized spacial score (nSPS) is 26.6. The number of hydrogen-bond acceptors (Lipinski definition) is 11. The molecule has 11 amide bonds. The Labute approximate surface area is 521 Å². The summed E-state index contributed by atoms with van der Waals surface area (Å²) in [7, 11) is 7.05. The van der Waals surface area contributed by atoms with E-state index < -0.39 is 161 Å². The number of nitrogens with one attached hydrogen (secondary N) is 4. The molecular formula is C62H95ClF3N11O11. The van der Waals surface area contributed by atoms with Crippen LogP contribution >= 0.6 is 11.6 Å². The van der Waals surface area contributed by atoms with E-state index in [1.165, 1.54) is 67.8 Å². The highest BCUT2D eigenvalue weighted by Gasteiger charge is 2.49. The first-order chi connectivity index (χ1) is 41.3. The largest absolute Gasteiger partial charge is 0.417 e. The van der Waals surface area contributed by atoms with Crippen LogP contribution in [0.2, 0.25) is 5.02 Å². The number of likely N-dealkylation sites (N-methyl/N-ethyl adjacent to an activating group) is 6. The van der Waals surface area contributed by atoms with Gasteiger partial charge in [-0.1, -0.05) is 96.7 Å². The highest BCUT2D eigenvalue weighted by Crippen LogP contribution is 2.37. The summed E-state index contributed by atoms with van der Waals surface area (Å²) in [6.07, 6.45) is 1.87. The van der Waals surface area contributed by atoms with Gasteiger partial charge in [-0.15, -0.1) is 0 Å². The number of benzene rings is 1. The molecule has 2 aliphatic heterocycles. The minimum Gasteiger partial charge on any atom is -0.351 e. The Morgan fingerprint density at radius 2 is 1.31 bits per heavy atom. The number of halogens is 4. The molecule has 1 unspecified atom stereocenters. The van der Waals surface area contributed by atoms with Gasteiger partial charge in [0.05, 0.1) is 30.2 Å². The summed E-state index contributed by atoms with van der Waals surface area (Å²) >= 11 is 6.10. The summed E-state index contributed by atoms with van der Waals surface area (Å²) in [4.78, 5) is 167. The highest BCUT2D eigenvalue weighted by atomic mass is 35.5. The summed E-state index contributed by atoms with van der Waals surface area (Å²) < 4.78 is 41.2. The van der Waals surface area contributed by atoms with E-state index in [-0.39, 0.29) is 64.0 Å². The van der Waals surface area contributed by atoms with Crippen molar-refractivity contribution in [2.75, 3.05) is 68.0 Å². The number of hydrogen-bond donors (Lipinski definition) is 4. The zero-order valence-corrected chi connectivity index (χ0v) is 54.2. The zero-order valence-electron chi connectivity index (χ0n) is 53.5. The van der Waals surface area contributed by atoms with Gasteiger partial charge in [0.1, 0.15) is 41.8 Å². The molecule has 2 aliphatic carbocycles. The van der Waals surface area contributed by atoms with Gasteiger partial charge in [-0.2, -0.15) is 13.2 Å². The van der Waals surface area contributed by atoms with Crippen LogP contribution in [0.3, 0.4) is 0 Å². The lowest BCUT2D eigenvalue weighted by Gasteiger charge is -2.39. The first kappa shape index (κ1) is 72.2. The molecule has 1 spiro atoms. The second-order valence-electron chi connectivity index (χ2n) is 25.3. The van der Waals surface area contributed by atoms with E-state index in [2.05, 4.69) is 21.3 Å². The van der Waals surface area contributed by atoms with E-state index in [1.54, 1.807) is 34.6 Å². The van der Waals surface area contributed by atoms with Crippen LogP contribution in [-0.2, 0) is 65.3 Å². The van der Waals surface area contributed by atoms with E-state index in [9.17, 15) is 65.9 Å². The molecule has 4 aliphatic rings. The Balaban J connectivity index is 1.53. The average molecular weight is 1260 g/mol. The van der Waals surface area contributed by atoms with Crippen molar-refractivity contribution in [3.8, 4) is 0 Å². The Hall–Kier alpha value is -6.53. The third kappa shape index (κ3) is 18.3. The number of fused-ring (bicyclic) bond motifs is 1. The Morgan fingerprint density at radius 3 is 1.90 bits per heavy atom. The minimum atomic E-state index is -4.74. The molecule has 492 valence electrons. The molecule has 26 heteroatoms. The fourth-order valence-electron chi connectivity index (χ4n) is 12.8. The molecule has 2 saturated carbocycles. The number of rotatable bonds is 9. The number of aryl methyl sites for hydroxylation is 1. The lowest BCUT2D eigenvalue weighted by Crippen LogP contribution is -2.64. The predicted molar refractivity (Wildman–Crippen MR) is 323 cm³/mol. The van der Waals surface area contributed by atoms with Gasteiger partial charge >= 0.3 is 6.18 Å². The van der Waals surface area contributed by atoms with E-state index in [4.69, 9.17) is 11.6 Å². The van der Waals surface area contributed by atoms with Gasteiger partial charge in [-0.25, -0.2) is 0 Å². The quantitative estimate of drug-likeness (QED) is 0.267. The number of nitrogens with zero attached hydrogens (tertiary/aromatic N) is 7. The van der Waals surface area contributed by atoms with Crippen molar-refractivity contribution in [2.45, 2.75) is 205 Å². The first-order valence-corrected chi connectivity index (χ1v) is 31.6. The average Bonchev–Trinajstić information content (AvgIpc) is 2.59. The van der Waals surface area contributed by atoms with Gasteiger partial charge in [0.2, 0.25) is 65.0 Å². The molecule has 0 radical (unpaired) electrons. The number of amides is 11. The van der Waals surface area contributed by atoms with Crippen LogP contribution in [0.4, 0.5) is 13.2 Å². The maximum Gasteiger partial charge on any atom is 0.417 e. The molecule has 8 atom stereocenters. The summed E-state index contributed by atoms with van der Waals surface area (Å²) in [5.41, 5.74) is -2.24. The summed E-state index contributed by atoms with van der Waals surface area (Å²) in [6, 6.07) is -4.59. The predicted octanol–water partition coefficient (Wildman–Crippen LogP) is 4.53. The van der Waals surface area contributed by atoms with Crippen LogP contribution in [-0.4, -0.2) is 215 Å². The van der Waals surface area contributed by atoms with Crippen LogP contribution in [0.25, 0.3) is 0 Å². The molecule has 4 N–H and O–H groups in total. The van der Waals surface area contributed by atoms with Crippen LogP contribution in [0.15, 0.2) is 18.2 Å². The molecule has 22 nitrogen and oxygen atoms in total. The Bertz CT molecular complexity index is 2710. The molecule has 88 heavy (non-hydrogen) atoms. The second kappa shape index (κ2) is 31.8. The van der Waals surface area contributed by atoms with Crippen molar-refractivity contribution in [1.82, 2.24) is 55.6 Å². The lowest BCUT2D eigenvalue weighted by molar-refractivity contribution is -0.149. The molecule has 0 bridgehead atoms. The smallest absolute Gasteiger partial charge is 0.351 e. The Kier molecular flexibility index (Phi) is 26.1. The highest BCUT2D eigenvalue weighted by molar-refractivity contribution is 6.31. The number of carbonyl (C=O) groups excluding carboxylic acids is 11. The van der Waals surface area contributed by atoms with Crippen LogP contribution < -0.4 is 21.3 Å². The van der Waals surface area contributed by atoms with Crippen molar-refractivity contribution < 1.29 is 65.9 Å². The standard InChI is InChI=1S/C62H95ClF3N11O11/c1-13-38(5)52-59(87)73(10)35-50(80)71(8)36-51(81)74(11)47(33-41-21-16-15-17-22-41)58(86)72(9)34-48(78)68-45(27-25-42-24-26-43(44(63)32-42)62(64,65)66)57(85)77-30-20-23-46(77)55(83)70-61(28-18-19-29-61)60(88)75(12)53(37(3)4)56(84)67-39(6)31-49(79)76(14-2)40(7)54(82)69-52/h24,26,32,37-41,45-47,52-53H,13-23,25,27-31,33-36H2,1-12H3,(H,67,84)(H,68,78)(H,69,82)(H,70,83)/t38?,39-,40+,45+,46+,47+,52+,53+/m1/s1. The fourth-order valence-corrected chi connectivity index (χ4v) is 13.1. The molecular weight excluding hydrogens is 1170 g/mol. The van der Waals surface area contributed by atoms with Crippen molar-refractivity contribution in [3.63, 3.8) is 0 Å². The van der Waals surface area contributed by atoms with Gasteiger partial charge in [-0.3, -0.25) is 52.7 Å². The molecule has 1 aromatic rings. The molecule has 4 fully saturated rings. The van der Waals surface area contributed by atoms with Crippen LogP contribution in [0.1, 0.15) is 156 Å². The SMILES string of the molecule is CCC(C)[C@@H]1NC(=O)[C@H](C)N(CC)C(=O)C[C@@H](C)NC(=O)[C@H](C(C)C)N(C)C(=O)C2(CCCC2)NC(=O)[C@@H]2CCCN2C(=O)[C@H](CCc2ccc(C(F)(F)F)c(Cl)c2)NC(=O)CN(C)C(=O)[C@H](CC2CCCCC2)N(C)C(=O)CN(C)C(=O)CN(C)C1=O. The first-order valence-electron chi connectivity index (χ1n) is 31.2. The van der Waals surface area contributed by atoms with Gasteiger partial charge in [0.15, 0.2) is 0 Å².